The van der Waals surface area contributed by atoms with E-state index in [2.05, 4.69) is 15.4 Å². The molecule has 1 fully saturated rings. The first-order chi connectivity index (χ1) is 15.2. The van der Waals surface area contributed by atoms with Crippen LogP contribution in [0, 0.1) is 0 Å². The van der Waals surface area contributed by atoms with Gasteiger partial charge in [0, 0.05) is 37.1 Å². The van der Waals surface area contributed by atoms with Gasteiger partial charge in [-0.05, 0) is 43.2 Å². The molecule has 0 radical (unpaired) electrons. The number of methoxy groups -OCH3 is 2. The molecule has 1 amide bonds. The molecule has 7 heteroatoms. The topological polar surface area (TPSA) is 68.1 Å². The minimum Gasteiger partial charge on any atom is -0.496 e. The van der Waals surface area contributed by atoms with Crippen LogP contribution in [-0.2, 0) is 0 Å². The van der Waals surface area contributed by atoms with E-state index in [0.29, 0.717) is 11.3 Å². The summed E-state index contributed by atoms with van der Waals surface area (Å²) in [6, 6.07) is 15.1. The fourth-order valence-corrected chi connectivity index (χ4v) is 3.82. The number of hydrogen-bond acceptors (Lipinski definition) is 5. The summed E-state index contributed by atoms with van der Waals surface area (Å²) in [6.07, 6.45) is 7.71. The highest BCUT2D eigenvalue weighted by molar-refractivity contribution is 5.98. The van der Waals surface area contributed by atoms with Crippen molar-refractivity contribution in [2.45, 2.75) is 12.8 Å². The third-order valence-electron chi connectivity index (χ3n) is 5.38. The van der Waals surface area contributed by atoms with Gasteiger partial charge in [0.2, 0.25) is 0 Å². The Bertz CT molecular complexity index is 1070. The maximum Gasteiger partial charge on any atom is 0.273 e. The molecule has 1 aliphatic heterocycles. The van der Waals surface area contributed by atoms with Gasteiger partial charge >= 0.3 is 0 Å². The van der Waals surface area contributed by atoms with Gasteiger partial charge in [-0.2, -0.15) is 5.10 Å². The second-order valence-corrected chi connectivity index (χ2v) is 7.27. The number of anilines is 1. The number of hydrogen-bond donors (Lipinski definition) is 1. The molecule has 0 saturated carbocycles. The highest BCUT2D eigenvalue weighted by Crippen LogP contribution is 2.36. The molecule has 4 rings (SSSR count). The largest absolute Gasteiger partial charge is 0.496 e. The summed E-state index contributed by atoms with van der Waals surface area (Å²) in [4.78, 5) is 15.0. The predicted molar refractivity (Wildman–Crippen MR) is 122 cm³/mol. The first-order valence-corrected chi connectivity index (χ1v) is 10.3. The third-order valence-corrected chi connectivity index (χ3v) is 5.38. The average Bonchev–Trinajstić information content (AvgIpc) is 3.53. The Balaban J connectivity index is 1.55. The van der Waals surface area contributed by atoms with E-state index in [4.69, 9.17) is 9.47 Å². The van der Waals surface area contributed by atoms with Crippen molar-refractivity contribution in [1.82, 2.24) is 9.99 Å². The average molecular weight is 418 g/mol. The fraction of sp³-hybridized carbons (Fsp3) is 0.250. The Kier molecular flexibility index (Phi) is 6.21. The standard InChI is InChI=1S/C24H26N4O3/c1-30-22-16-21(28-13-7-8-14-28)23(31-2)15-18(22)17-25-26-24(29)19-9-3-4-10-20(19)27-11-5-6-12-27/h3-6,9-12,15-17H,7-8,13-14H2,1-2H3,(H,26,29)/b25-17-. The van der Waals surface area contributed by atoms with Crippen LogP contribution in [-0.4, -0.2) is 44.0 Å². The van der Waals surface area contributed by atoms with Crippen LogP contribution in [0.2, 0.25) is 0 Å². The number of carbonyl (C=O) groups is 1. The van der Waals surface area contributed by atoms with Gasteiger partial charge in [0.15, 0.2) is 0 Å². The molecule has 7 nitrogen and oxygen atoms in total. The van der Waals surface area contributed by atoms with Crippen LogP contribution in [0.15, 0.2) is 66.0 Å². The summed E-state index contributed by atoms with van der Waals surface area (Å²) in [5.74, 6) is 1.14. The monoisotopic (exact) mass is 418 g/mol. The molecule has 0 aliphatic carbocycles. The molecule has 2 aromatic carbocycles. The summed E-state index contributed by atoms with van der Waals surface area (Å²) < 4.78 is 13.1. The number of carbonyl (C=O) groups excluding carboxylic acids is 1. The lowest BCUT2D eigenvalue weighted by Gasteiger charge is -2.22. The number of benzene rings is 2. The lowest BCUT2D eigenvalue weighted by molar-refractivity contribution is 0.0955. The highest BCUT2D eigenvalue weighted by atomic mass is 16.5. The Hall–Kier alpha value is -3.74. The Morgan fingerprint density at radius 1 is 0.968 bits per heavy atom. The molecule has 160 valence electrons. The van der Waals surface area contributed by atoms with Crippen molar-refractivity contribution in [3.8, 4) is 17.2 Å². The Labute approximate surface area is 181 Å². The van der Waals surface area contributed by atoms with E-state index >= 15 is 0 Å². The van der Waals surface area contributed by atoms with E-state index in [-0.39, 0.29) is 5.91 Å². The zero-order valence-electron chi connectivity index (χ0n) is 17.7. The molecule has 1 aromatic heterocycles. The fourth-order valence-electron chi connectivity index (χ4n) is 3.82. The van der Waals surface area contributed by atoms with Crippen molar-refractivity contribution in [2.24, 2.45) is 5.10 Å². The SMILES string of the molecule is COc1cc(N2CCCC2)c(OC)cc1/C=N\NC(=O)c1ccccc1-n1cccc1. The highest BCUT2D eigenvalue weighted by Gasteiger charge is 2.19. The number of para-hydroxylation sites is 1. The van der Waals surface area contributed by atoms with Crippen molar-refractivity contribution in [3.05, 3.63) is 72.1 Å². The van der Waals surface area contributed by atoms with Crippen molar-refractivity contribution < 1.29 is 14.3 Å². The van der Waals surface area contributed by atoms with Gasteiger partial charge in [-0.25, -0.2) is 5.43 Å². The number of amides is 1. The molecule has 0 unspecified atom stereocenters. The molecule has 1 aliphatic rings. The summed E-state index contributed by atoms with van der Waals surface area (Å²) >= 11 is 0. The molecule has 2 heterocycles. The van der Waals surface area contributed by atoms with Crippen LogP contribution >= 0.6 is 0 Å². The zero-order chi connectivity index (χ0) is 21.6. The van der Waals surface area contributed by atoms with Gasteiger partial charge in [0.25, 0.3) is 5.91 Å². The van der Waals surface area contributed by atoms with E-state index in [0.717, 1.165) is 35.8 Å². The van der Waals surface area contributed by atoms with Gasteiger partial charge in [-0.1, -0.05) is 12.1 Å². The minimum absolute atomic E-state index is 0.292. The van der Waals surface area contributed by atoms with E-state index < -0.39 is 0 Å². The maximum absolute atomic E-state index is 12.8. The number of aromatic nitrogens is 1. The van der Waals surface area contributed by atoms with E-state index in [1.165, 1.54) is 12.8 Å². The molecule has 0 bridgehead atoms. The molecular formula is C24H26N4O3. The Morgan fingerprint density at radius 3 is 2.39 bits per heavy atom. The number of nitrogens with one attached hydrogen (secondary N) is 1. The first kappa shape index (κ1) is 20.5. The molecule has 1 saturated heterocycles. The number of hydrazone groups is 1. The van der Waals surface area contributed by atoms with E-state index in [9.17, 15) is 4.79 Å². The Morgan fingerprint density at radius 2 is 1.68 bits per heavy atom. The van der Waals surface area contributed by atoms with E-state index in [1.807, 2.05) is 59.4 Å². The van der Waals surface area contributed by atoms with Gasteiger partial charge < -0.3 is 18.9 Å². The molecule has 31 heavy (non-hydrogen) atoms. The van der Waals surface area contributed by atoms with Crippen molar-refractivity contribution in [3.63, 3.8) is 0 Å². The summed E-state index contributed by atoms with van der Waals surface area (Å²) in [5.41, 5.74) is 5.67. The molecule has 3 aromatic rings. The van der Waals surface area contributed by atoms with Crippen molar-refractivity contribution in [2.75, 3.05) is 32.2 Å². The van der Waals surface area contributed by atoms with Crippen LogP contribution in [0.3, 0.4) is 0 Å². The maximum atomic E-state index is 12.8. The van der Waals surface area contributed by atoms with Gasteiger partial charge in [-0.15, -0.1) is 0 Å². The first-order valence-electron chi connectivity index (χ1n) is 10.3. The second kappa shape index (κ2) is 9.38. The van der Waals surface area contributed by atoms with Crippen LogP contribution in [0.25, 0.3) is 5.69 Å². The second-order valence-electron chi connectivity index (χ2n) is 7.27. The number of nitrogens with zero attached hydrogens (tertiary/aromatic N) is 3. The van der Waals surface area contributed by atoms with Crippen LogP contribution in [0.1, 0.15) is 28.8 Å². The van der Waals surface area contributed by atoms with Crippen LogP contribution < -0.4 is 19.8 Å². The van der Waals surface area contributed by atoms with Crippen LogP contribution in [0.4, 0.5) is 5.69 Å². The molecular weight excluding hydrogens is 392 g/mol. The summed E-state index contributed by atoms with van der Waals surface area (Å²) in [7, 11) is 3.28. The summed E-state index contributed by atoms with van der Waals surface area (Å²) in [6.45, 7) is 2.01. The smallest absolute Gasteiger partial charge is 0.273 e. The predicted octanol–water partition coefficient (Wildman–Crippen LogP) is 3.86. The zero-order valence-corrected chi connectivity index (χ0v) is 17.7. The molecule has 0 atom stereocenters. The third kappa shape index (κ3) is 4.40. The normalized spacial score (nSPS) is 13.5. The van der Waals surface area contributed by atoms with Crippen molar-refractivity contribution >= 4 is 17.8 Å². The molecule has 0 spiro atoms. The summed E-state index contributed by atoms with van der Waals surface area (Å²) in [5, 5.41) is 4.17. The number of ether oxygens (including phenoxy) is 2. The van der Waals surface area contributed by atoms with E-state index in [1.54, 1.807) is 26.5 Å². The minimum atomic E-state index is -0.292. The van der Waals surface area contributed by atoms with Gasteiger partial charge in [-0.3, -0.25) is 4.79 Å². The number of rotatable bonds is 7. The van der Waals surface area contributed by atoms with Gasteiger partial charge in [0.1, 0.15) is 11.5 Å². The van der Waals surface area contributed by atoms with Crippen LogP contribution in [0.5, 0.6) is 11.5 Å². The van der Waals surface area contributed by atoms with Crippen molar-refractivity contribution in [1.29, 1.82) is 0 Å². The lowest BCUT2D eigenvalue weighted by atomic mass is 10.1. The molecule has 1 N–H and O–H groups in total. The quantitative estimate of drug-likeness (QED) is 0.467. The van der Waals surface area contributed by atoms with Gasteiger partial charge in [0.05, 0.1) is 37.4 Å². The lowest BCUT2D eigenvalue weighted by Crippen LogP contribution is -2.20.